The number of nitrogens with one attached hydrogen (secondary N) is 2. The van der Waals surface area contributed by atoms with Gasteiger partial charge in [0.25, 0.3) is 5.91 Å². The van der Waals surface area contributed by atoms with Gasteiger partial charge in [-0.15, -0.1) is 0 Å². The maximum Gasteiger partial charge on any atom is 0.251 e. The van der Waals surface area contributed by atoms with Crippen molar-refractivity contribution in [2.45, 2.75) is 38.8 Å². The van der Waals surface area contributed by atoms with Crippen molar-refractivity contribution in [1.82, 2.24) is 10.6 Å². The molecule has 5 nitrogen and oxygen atoms in total. The van der Waals surface area contributed by atoms with Gasteiger partial charge in [0.05, 0.1) is 0 Å². The second kappa shape index (κ2) is 7.40. The van der Waals surface area contributed by atoms with Crippen LogP contribution in [0.5, 0.6) is 0 Å². The summed E-state index contributed by atoms with van der Waals surface area (Å²) in [6.07, 6.45) is 2.30. The molecule has 0 saturated heterocycles. The summed E-state index contributed by atoms with van der Waals surface area (Å²) in [5.74, 6) is 0.137. The fourth-order valence-corrected chi connectivity index (χ4v) is 2.37. The van der Waals surface area contributed by atoms with Crippen molar-refractivity contribution in [2.24, 2.45) is 17.6 Å². The molecule has 2 rings (SSSR count). The Balaban J connectivity index is 1.90. The van der Waals surface area contributed by atoms with E-state index in [0.717, 1.165) is 12.8 Å². The Morgan fingerprint density at radius 2 is 1.86 bits per heavy atom. The SMILES string of the molecule is CC(C)C(NC(=O)c1ccccc1)C(=O)NCC(N)C1CC1. The number of nitrogens with two attached hydrogens (primary N) is 1. The van der Waals surface area contributed by atoms with Crippen molar-refractivity contribution in [3.05, 3.63) is 35.9 Å². The quantitative estimate of drug-likeness (QED) is 0.710. The van der Waals surface area contributed by atoms with Crippen LogP contribution < -0.4 is 16.4 Å². The van der Waals surface area contributed by atoms with Crippen LogP contribution in [-0.2, 0) is 4.79 Å². The van der Waals surface area contributed by atoms with E-state index in [2.05, 4.69) is 10.6 Å². The lowest BCUT2D eigenvalue weighted by Crippen LogP contribution is -2.52. The van der Waals surface area contributed by atoms with E-state index in [1.165, 1.54) is 0 Å². The lowest BCUT2D eigenvalue weighted by molar-refractivity contribution is -0.124. The highest BCUT2D eigenvalue weighted by Crippen LogP contribution is 2.31. The molecule has 2 atom stereocenters. The van der Waals surface area contributed by atoms with Gasteiger partial charge in [-0.3, -0.25) is 9.59 Å². The summed E-state index contributed by atoms with van der Waals surface area (Å²) in [5.41, 5.74) is 6.55. The van der Waals surface area contributed by atoms with E-state index < -0.39 is 6.04 Å². The van der Waals surface area contributed by atoms with Gasteiger partial charge >= 0.3 is 0 Å². The van der Waals surface area contributed by atoms with Gasteiger partial charge in [0.1, 0.15) is 6.04 Å². The average Bonchev–Trinajstić information content (AvgIpc) is 3.35. The molecule has 4 N–H and O–H groups in total. The first-order valence-corrected chi connectivity index (χ1v) is 7.88. The zero-order chi connectivity index (χ0) is 16.1. The number of hydrogen-bond donors (Lipinski definition) is 3. The highest BCUT2D eigenvalue weighted by Gasteiger charge is 2.30. The Kier molecular flexibility index (Phi) is 5.55. The summed E-state index contributed by atoms with van der Waals surface area (Å²) in [7, 11) is 0. The molecule has 0 bridgehead atoms. The molecule has 0 aliphatic heterocycles. The molecule has 1 saturated carbocycles. The van der Waals surface area contributed by atoms with E-state index in [4.69, 9.17) is 5.73 Å². The number of rotatable bonds is 7. The highest BCUT2D eigenvalue weighted by atomic mass is 16.2. The van der Waals surface area contributed by atoms with Gasteiger partial charge in [-0.2, -0.15) is 0 Å². The number of benzene rings is 1. The minimum Gasteiger partial charge on any atom is -0.353 e. The molecule has 1 fully saturated rings. The molecule has 120 valence electrons. The predicted octanol–water partition coefficient (Wildman–Crippen LogP) is 1.29. The molecular weight excluding hydrogens is 278 g/mol. The van der Waals surface area contributed by atoms with Gasteiger partial charge in [-0.25, -0.2) is 0 Å². The molecule has 0 radical (unpaired) electrons. The van der Waals surface area contributed by atoms with Crippen molar-refractivity contribution >= 4 is 11.8 Å². The maximum atomic E-state index is 12.3. The summed E-state index contributed by atoms with van der Waals surface area (Å²) in [4.78, 5) is 24.5. The second-order valence-electron chi connectivity index (χ2n) is 6.31. The average molecular weight is 303 g/mol. The van der Waals surface area contributed by atoms with Crippen molar-refractivity contribution < 1.29 is 9.59 Å². The largest absolute Gasteiger partial charge is 0.353 e. The Morgan fingerprint density at radius 3 is 2.41 bits per heavy atom. The van der Waals surface area contributed by atoms with Gasteiger partial charge < -0.3 is 16.4 Å². The molecule has 1 aromatic carbocycles. The standard InChI is InChI=1S/C17H25N3O2/c1-11(2)15(17(22)19-10-14(18)12-8-9-12)20-16(21)13-6-4-3-5-7-13/h3-7,11-12,14-15H,8-10,18H2,1-2H3,(H,19,22)(H,20,21). The van der Waals surface area contributed by atoms with E-state index >= 15 is 0 Å². The molecular formula is C17H25N3O2. The van der Waals surface area contributed by atoms with Gasteiger partial charge in [0, 0.05) is 18.2 Å². The molecule has 2 amide bonds. The topological polar surface area (TPSA) is 84.2 Å². The third-order valence-electron chi connectivity index (χ3n) is 4.01. The van der Waals surface area contributed by atoms with Crippen LogP contribution in [-0.4, -0.2) is 30.4 Å². The van der Waals surface area contributed by atoms with E-state index in [-0.39, 0.29) is 23.8 Å². The molecule has 1 aliphatic rings. The monoisotopic (exact) mass is 303 g/mol. The Hall–Kier alpha value is -1.88. The molecule has 2 unspecified atom stereocenters. The minimum atomic E-state index is -0.556. The molecule has 0 aromatic heterocycles. The smallest absolute Gasteiger partial charge is 0.251 e. The van der Waals surface area contributed by atoms with Crippen LogP contribution in [0.25, 0.3) is 0 Å². The predicted molar refractivity (Wildman–Crippen MR) is 86.2 cm³/mol. The van der Waals surface area contributed by atoms with E-state index in [1.54, 1.807) is 24.3 Å². The highest BCUT2D eigenvalue weighted by molar-refractivity contribution is 5.97. The summed E-state index contributed by atoms with van der Waals surface area (Å²) >= 11 is 0. The first-order valence-electron chi connectivity index (χ1n) is 7.88. The number of hydrogen-bond acceptors (Lipinski definition) is 3. The fraction of sp³-hybridized carbons (Fsp3) is 0.529. The maximum absolute atomic E-state index is 12.3. The first kappa shape index (κ1) is 16.5. The Morgan fingerprint density at radius 1 is 1.23 bits per heavy atom. The van der Waals surface area contributed by atoms with Crippen molar-refractivity contribution in [1.29, 1.82) is 0 Å². The van der Waals surface area contributed by atoms with Crippen LogP contribution in [0.4, 0.5) is 0 Å². The summed E-state index contributed by atoms with van der Waals surface area (Å²) in [6, 6.07) is 8.37. The van der Waals surface area contributed by atoms with Crippen LogP contribution in [0.3, 0.4) is 0 Å². The fourth-order valence-electron chi connectivity index (χ4n) is 2.37. The zero-order valence-electron chi connectivity index (χ0n) is 13.2. The third kappa shape index (κ3) is 4.56. The lowest BCUT2D eigenvalue weighted by atomic mass is 10.0. The van der Waals surface area contributed by atoms with Crippen molar-refractivity contribution in [3.63, 3.8) is 0 Å². The van der Waals surface area contributed by atoms with Crippen LogP contribution in [0.1, 0.15) is 37.0 Å². The number of carbonyl (C=O) groups excluding carboxylic acids is 2. The number of amides is 2. The lowest BCUT2D eigenvalue weighted by Gasteiger charge is -2.22. The van der Waals surface area contributed by atoms with Gasteiger partial charge in [0.15, 0.2) is 0 Å². The molecule has 1 aliphatic carbocycles. The zero-order valence-corrected chi connectivity index (χ0v) is 13.2. The molecule has 0 heterocycles. The summed E-state index contributed by atoms with van der Waals surface area (Å²) < 4.78 is 0. The van der Waals surface area contributed by atoms with Crippen LogP contribution in [0, 0.1) is 11.8 Å². The molecule has 1 aromatic rings. The normalized spacial score (nSPS) is 16.9. The van der Waals surface area contributed by atoms with Crippen molar-refractivity contribution in [3.8, 4) is 0 Å². The van der Waals surface area contributed by atoms with E-state index in [9.17, 15) is 9.59 Å². The Labute approximate surface area is 131 Å². The Bertz CT molecular complexity index is 512. The van der Waals surface area contributed by atoms with Gasteiger partial charge in [-0.05, 0) is 36.8 Å². The van der Waals surface area contributed by atoms with E-state index in [1.807, 2.05) is 19.9 Å². The first-order chi connectivity index (χ1) is 10.5. The summed E-state index contributed by atoms with van der Waals surface area (Å²) in [5, 5.41) is 5.67. The third-order valence-corrected chi connectivity index (χ3v) is 4.01. The molecule has 0 spiro atoms. The second-order valence-corrected chi connectivity index (χ2v) is 6.31. The number of carbonyl (C=O) groups is 2. The van der Waals surface area contributed by atoms with Gasteiger partial charge in [-0.1, -0.05) is 32.0 Å². The van der Waals surface area contributed by atoms with Crippen LogP contribution >= 0.6 is 0 Å². The molecule has 5 heteroatoms. The van der Waals surface area contributed by atoms with Gasteiger partial charge in [0.2, 0.25) is 5.91 Å². The van der Waals surface area contributed by atoms with Crippen molar-refractivity contribution in [2.75, 3.05) is 6.54 Å². The minimum absolute atomic E-state index is 0.00446. The summed E-state index contributed by atoms with van der Waals surface area (Å²) in [6.45, 7) is 4.29. The van der Waals surface area contributed by atoms with Crippen LogP contribution in [0.15, 0.2) is 30.3 Å². The van der Waals surface area contributed by atoms with Crippen LogP contribution in [0.2, 0.25) is 0 Å². The van der Waals surface area contributed by atoms with E-state index in [0.29, 0.717) is 18.0 Å². The molecule has 22 heavy (non-hydrogen) atoms.